The molecule has 0 aromatic rings. The Hall–Kier alpha value is -0.380. The number of ether oxygens (including phenoxy) is 1. The van der Waals surface area contributed by atoms with E-state index in [4.69, 9.17) is 10.6 Å². The molecule has 3 nitrogen and oxygen atoms in total. The van der Waals surface area contributed by atoms with E-state index in [0.29, 0.717) is 5.92 Å². The van der Waals surface area contributed by atoms with Crippen LogP contribution in [0, 0.1) is 5.92 Å². The number of nitrogens with one attached hydrogen (secondary N) is 1. The summed E-state index contributed by atoms with van der Waals surface area (Å²) in [7, 11) is 0. The molecule has 1 rings (SSSR count). The summed E-state index contributed by atoms with van der Waals surface area (Å²) >= 11 is 0. The molecule has 10 heavy (non-hydrogen) atoms. The van der Waals surface area contributed by atoms with Gasteiger partial charge in [0.25, 0.3) is 0 Å². The highest BCUT2D eigenvalue weighted by Crippen LogP contribution is 2.16. The van der Waals surface area contributed by atoms with Gasteiger partial charge in [-0.2, -0.15) is 0 Å². The van der Waals surface area contributed by atoms with E-state index in [1.54, 1.807) is 0 Å². The number of hydrogen-bond donors (Lipinski definition) is 2. The van der Waals surface area contributed by atoms with E-state index in [9.17, 15) is 0 Å². The van der Waals surface area contributed by atoms with Gasteiger partial charge < -0.3 is 4.74 Å². The van der Waals surface area contributed by atoms with Crippen molar-refractivity contribution in [1.82, 2.24) is 5.43 Å². The van der Waals surface area contributed by atoms with Gasteiger partial charge in [-0.15, -0.1) is 6.58 Å². The highest BCUT2D eigenvalue weighted by Gasteiger charge is 2.21. The molecular weight excluding hydrogens is 128 g/mol. The Morgan fingerprint density at radius 1 is 1.80 bits per heavy atom. The van der Waals surface area contributed by atoms with E-state index in [-0.39, 0.29) is 6.04 Å². The Balaban J connectivity index is 2.36. The van der Waals surface area contributed by atoms with Gasteiger partial charge >= 0.3 is 0 Å². The quantitative estimate of drug-likeness (QED) is 0.332. The van der Waals surface area contributed by atoms with Gasteiger partial charge in [-0.05, 0) is 6.42 Å². The maximum atomic E-state index is 5.29. The molecule has 1 saturated heterocycles. The predicted molar refractivity (Wildman–Crippen MR) is 40.2 cm³/mol. The Morgan fingerprint density at radius 3 is 3.00 bits per heavy atom. The third-order valence-electron chi connectivity index (χ3n) is 1.92. The van der Waals surface area contributed by atoms with E-state index in [0.717, 1.165) is 19.6 Å². The lowest BCUT2D eigenvalue weighted by Crippen LogP contribution is -2.39. The van der Waals surface area contributed by atoms with Gasteiger partial charge in [0.05, 0.1) is 6.61 Å². The minimum absolute atomic E-state index is 0.211. The van der Waals surface area contributed by atoms with Crippen molar-refractivity contribution in [3.05, 3.63) is 12.7 Å². The van der Waals surface area contributed by atoms with Crippen molar-refractivity contribution >= 4 is 0 Å². The molecule has 2 atom stereocenters. The van der Waals surface area contributed by atoms with Crippen molar-refractivity contribution in [3.63, 3.8) is 0 Å². The van der Waals surface area contributed by atoms with Crippen LogP contribution >= 0.6 is 0 Å². The summed E-state index contributed by atoms with van der Waals surface area (Å²) in [6.45, 7) is 5.34. The topological polar surface area (TPSA) is 47.3 Å². The number of nitrogens with two attached hydrogens (primary N) is 1. The lowest BCUT2D eigenvalue weighted by Gasteiger charge is -2.16. The zero-order valence-corrected chi connectivity index (χ0v) is 6.05. The fraction of sp³-hybridized carbons (Fsp3) is 0.714. The highest BCUT2D eigenvalue weighted by molar-refractivity contribution is 4.90. The first-order chi connectivity index (χ1) is 4.88. The van der Waals surface area contributed by atoms with Gasteiger partial charge in [0, 0.05) is 18.6 Å². The SMILES string of the molecule is C=CC(NN)C1CCOC1. The van der Waals surface area contributed by atoms with Crippen LogP contribution in [0.25, 0.3) is 0 Å². The normalized spacial score (nSPS) is 28.3. The van der Waals surface area contributed by atoms with Gasteiger partial charge in [-0.1, -0.05) is 6.08 Å². The molecule has 3 heteroatoms. The van der Waals surface area contributed by atoms with Gasteiger partial charge in [-0.25, -0.2) is 0 Å². The van der Waals surface area contributed by atoms with Crippen molar-refractivity contribution in [1.29, 1.82) is 0 Å². The fourth-order valence-corrected chi connectivity index (χ4v) is 1.23. The zero-order chi connectivity index (χ0) is 7.40. The van der Waals surface area contributed by atoms with E-state index >= 15 is 0 Å². The van der Waals surface area contributed by atoms with Gasteiger partial charge in [0.2, 0.25) is 0 Å². The smallest absolute Gasteiger partial charge is 0.0513 e. The van der Waals surface area contributed by atoms with E-state index < -0.39 is 0 Å². The van der Waals surface area contributed by atoms with Crippen LogP contribution in [-0.4, -0.2) is 19.3 Å². The summed E-state index contributed by atoms with van der Waals surface area (Å²) in [4.78, 5) is 0. The van der Waals surface area contributed by atoms with Gasteiger partial charge in [0.15, 0.2) is 0 Å². The van der Waals surface area contributed by atoms with Crippen molar-refractivity contribution < 1.29 is 4.74 Å². The van der Waals surface area contributed by atoms with Crippen LogP contribution in [0.3, 0.4) is 0 Å². The fourth-order valence-electron chi connectivity index (χ4n) is 1.23. The largest absolute Gasteiger partial charge is 0.381 e. The maximum absolute atomic E-state index is 5.29. The Morgan fingerprint density at radius 2 is 2.60 bits per heavy atom. The average molecular weight is 142 g/mol. The molecule has 0 aromatic carbocycles. The second kappa shape index (κ2) is 3.71. The van der Waals surface area contributed by atoms with E-state index in [1.807, 2.05) is 6.08 Å². The average Bonchev–Trinajstić information content (AvgIpc) is 2.43. The lowest BCUT2D eigenvalue weighted by atomic mass is 10.0. The van der Waals surface area contributed by atoms with Gasteiger partial charge in [-0.3, -0.25) is 11.3 Å². The minimum atomic E-state index is 0.211. The molecule has 0 radical (unpaired) electrons. The first kappa shape index (κ1) is 7.72. The van der Waals surface area contributed by atoms with Crippen LogP contribution < -0.4 is 11.3 Å². The summed E-state index contributed by atoms with van der Waals surface area (Å²) in [5.74, 6) is 5.80. The van der Waals surface area contributed by atoms with Crippen molar-refractivity contribution in [2.45, 2.75) is 12.5 Å². The Bertz CT molecular complexity index is 110. The molecule has 1 aliphatic rings. The van der Waals surface area contributed by atoms with Gasteiger partial charge in [0.1, 0.15) is 0 Å². The molecule has 1 fully saturated rings. The third kappa shape index (κ3) is 1.56. The molecule has 1 heterocycles. The van der Waals surface area contributed by atoms with Crippen LogP contribution in [0.2, 0.25) is 0 Å². The molecule has 58 valence electrons. The van der Waals surface area contributed by atoms with E-state index in [1.165, 1.54) is 0 Å². The second-order valence-corrected chi connectivity index (χ2v) is 2.55. The van der Waals surface area contributed by atoms with Crippen molar-refractivity contribution in [2.24, 2.45) is 11.8 Å². The summed E-state index contributed by atoms with van der Waals surface area (Å²) < 4.78 is 5.20. The molecule has 0 spiro atoms. The zero-order valence-electron chi connectivity index (χ0n) is 6.05. The Labute approximate surface area is 61.2 Å². The molecule has 0 bridgehead atoms. The van der Waals surface area contributed by atoms with Crippen LogP contribution in [0.5, 0.6) is 0 Å². The van der Waals surface area contributed by atoms with Crippen molar-refractivity contribution in [2.75, 3.05) is 13.2 Å². The molecule has 1 aliphatic heterocycles. The molecule has 0 aliphatic carbocycles. The molecule has 0 amide bonds. The van der Waals surface area contributed by atoms with Crippen molar-refractivity contribution in [3.8, 4) is 0 Å². The highest BCUT2D eigenvalue weighted by atomic mass is 16.5. The third-order valence-corrected chi connectivity index (χ3v) is 1.92. The van der Waals surface area contributed by atoms with Crippen LogP contribution in [0.1, 0.15) is 6.42 Å². The number of hydrogen-bond acceptors (Lipinski definition) is 3. The summed E-state index contributed by atoms with van der Waals surface area (Å²) in [6, 6.07) is 0.211. The standard InChI is InChI=1S/C7H14N2O/c1-2-7(9-8)6-3-4-10-5-6/h2,6-7,9H,1,3-5,8H2. The lowest BCUT2D eigenvalue weighted by molar-refractivity contribution is 0.181. The second-order valence-electron chi connectivity index (χ2n) is 2.55. The summed E-state index contributed by atoms with van der Waals surface area (Å²) in [5.41, 5.74) is 2.70. The number of hydrazine groups is 1. The first-order valence-electron chi connectivity index (χ1n) is 3.55. The summed E-state index contributed by atoms with van der Waals surface area (Å²) in [5, 5.41) is 0. The van der Waals surface area contributed by atoms with Crippen LogP contribution in [-0.2, 0) is 4.74 Å². The summed E-state index contributed by atoms with van der Waals surface area (Å²) in [6.07, 6.45) is 2.92. The van der Waals surface area contributed by atoms with Crippen LogP contribution in [0.4, 0.5) is 0 Å². The molecule has 3 N–H and O–H groups in total. The monoisotopic (exact) mass is 142 g/mol. The molecule has 2 unspecified atom stereocenters. The number of rotatable bonds is 3. The minimum Gasteiger partial charge on any atom is -0.381 e. The van der Waals surface area contributed by atoms with E-state index in [2.05, 4.69) is 12.0 Å². The molecular formula is C7H14N2O. The Kier molecular flexibility index (Phi) is 2.86. The molecule has 0 saturated carbocycles. The first-order valence-corrected chi connectivity index (χ1v) is 3.55. The maximum Gasteiger partial charge on any atom is 0.0513 e. The van der Waals surface area contributed by atoms with Crippen LogP contribution in [0.15, 0.2) is 12.7 Å². The predicted octanol–water partition coefficient (Wildman–Crippen LogP) is 0.0408. The molecule has 0 aromatic heterocycles.